The lowest BCUT2D eigenvalue weighted by Crippen LogP contribution is -2.59. The van der Waals surface area contributed by atoms with E-state index in [9.17, 15) is 18.4 Å². The van der Waals surface area contributed by atoms with Crippen molar-refractivity contribution in [1.82, 2.24) is 9.97 Å². The van der Waals surface area contributed by atoms with Gasteiger partial charge in [-0.15, -0.1) is 11.3 Å². The number of halogens is 2. The van der Waals surface area contributed by atoms with Gasteiger partial charge in [-0.3, -0.25) is 14.6 Å². The van der Waals surface area contributed by atoms with Crippen LogP contribution in [0.1, 0.15) is 55.7 Å². The summed E-state index contributed by atoms with van der Waals surface area (Å²) in [6, 6.07) is 19.2. The number of fused-ring (bicyclic) bond motifs is 4. The fraction of sp³-hybridized carbons (Fsp3) is 0.282. The number of anilines is 5. The third-order valence-corrected chi connectivity index (χ3v) is 11.8. The second-order valence-corrected chi connectivity index (χ2v) is 14.9. The van der Waals surface area contributed by atoms with Crippen LogP contribution in [0.5, 0.6) is 0 Å². The zero-order valence-electron chi connectivity index (χ0n) is 28.1. The van der Waals surface area contributed by atoms with Crippen molar-refractivity contribution in [1.29, 1.82) is 0 Å². The first kappa shape index (κ1) is 32.5. The standard InChI is InChI=1S/C39H35F2N7O3S/c40-19-25-3-1-5-29-32(25)46-35(45-29)31-17-24-10-14-48(30-18-26(41)20-43-33(30)34(24)52-31)38(50)23-6-8-27(9-7-23)44-37(49)28-4-2-13-42-36(28)47-21-39(22-47)11-15-51-16-12-39/h1-9,13,17-18,20,35,45-46H,10-12,14-16,19,21-22H2,(H,44,49). The normalized spacial score (nSPS) is 18.3. The maximum atomic E-state index is 14.7. The average Bonchev–Trinajstić information content (AvgIpc) is 3.76. The lowest BCUT2D eigenvalue weighted by molar-refractivity contribution is -0.000509. The fourth-order valence-electron chi connectivity index (χ4n) is 7.74. The first-order valence-electron chi connectivity index (χ1n) is 17.4. The van der Waals surface area contributed by atoms with Crippen molar-refractivity contribution in [2.45, 2.75) is 32.1 Å². The van der Waals surface area contributed by atoms with Crippen LogP contribution in [0, 0.1) is 11.2 Å². The molecule has 5 aromatic rings. The summed E-state index contributed by atoms with van der Waals surface area (Å²) >= 11 is 1.51. The number of nitrogens with zero attached hydrogens (tertiary/aromatic N) is 4. The number of aromatic nitrogens is 2. The van der Waals surface area contributed by atoms with Gasteiger partial charge in [-0.2, -0.15) is 0 Å². The molecule has 9 rings (SSSR count). The Morgan fingerprint density at radius 2 is 1.85 bits per heavy atom. The molecule has 0 saturated carbocycles. The van der Waals surface area contributed by atoms with Crippen molar-refractivity contribution in [2.75, 3.05) is 58.6 Å². The van der Waals surface area contributed by atoms with Crippen molar-refractivity contribution < 1.29 is 23.1 Å². The topological polar surface area (TPSA) is 112 Å². The number of amides is 2. The fourth-order valence-corrected chi connectivity index (χ4v) is 8.96. The Morgan fingerprint density at radius 3 is 2.65 bits per heavy atom. The second-order valence-electron chi connectivity index (χ2n) is 13.8. The van der Waals surface area contributed by atoms with Gasteiger partial charge >= 0.3 is 0 Å². The van der Waals surface area contributed by atoms with Gasteiger partial charge in [-0.1, -0.05) is 12.1 Å². The Labute approximate surface area is 302 Å². The summed E-state index contributed by atoms with van der Waals surface area (Å²) in [5, 5.41) is 9.80. The van der Waals surface area contributed by atoms with Crippen LogP contribution in [0.15, 0.2) is 79.1 Å². The molecule has 4 aliphatic rings. The summed E-state index contributed by atoms with van der Waals surface area (Å²) in [6.07, 6.45) is 5.17. The van der Waals surface area contributed by atoms with E-state index in [1.807, 2.05) is 12.1 Å². The highest BCUT2D eigenvalue weighted by Gasteiger charge is 2.45. The molecule has 1 spiro atoms. The molecule has 0 aliphatic carbocycles. The summed E-state index contributed by atoms with van der Waals surface area (Å²) in [4.78, 5) is 42.1. The predicted octanol–water partition coefficient (Wildman–Crippen LogP) is 7.42. The molecule has 264 valence electrons. The van der Waals surface area contributed by atoms with E-state index in [2.05, 4.69) is 36.9 Å². The molecule has 4 aliphatic heterocycles. The Kier molecular flexibility index (Phi) is 8.11. The van der Waals surface area contributed by atoms with E-state index in [1.165, 1.54) is 23.6 Å². The minimum absolute atomic E-state index is 0.232. The van der Waals surface area contributed by atoms with Crippen molar-refractivity contribution >= 4 is 51.7 Å². The maximum absolute atomic E-state index is 14.7. The van der Waals surface area contributed by atoms with Crippen LogP contribution in [0.2, 0.25) is 0 Å². The molecule has 2 aromatic carbocycles. The lowest BCUT2D eigenvalue weighted by Gasteiger charge is -2.53. The minimum atomic E-state index is -0.571. The van der Waals surface area contributed by atoms with Gasteiger partial charge in [0.15, 0.2) is 0 Å². The number of benzene rings is 2. The number of hydrogen-bond acceptors (Lipinski definition) is 9. The Morgan fingerprint density at radius 1 is 1.02 bits per heavy atom. The van der Waals surface area contributed by atoms with Crippen LogP contribution in [-0.2, 0) is 17.8 Å². The SMILES string of the molecule is O=C(Nc1ccc(C(=O)N2CCc3cc(C4Nc5cccc(CF)c5N4)sc3-c3ncc(F)cc32)cc1)c1cccnc1N1CC2(CCOCC2)C1. The van der Waals surface area contributed by atoms with Gasteiger partial charge in [0.2, 0.25) is 0 Å². The van der Waals surface area contributed by atoms with Gasteiger partial charge in [0.1, 0.15) is 30.2 Å². The number of carbonyl (C=O) groups is 2. The molecule has 2 fully saturated rings. The van der Waals surface area contributed by atoms with Gasteiger partial charge < -0.3 is 30.5 Å². The van der Waals surface area contributed by atoms with Crippen LogP contribution < -0.4 is 25.8 Å². The Balaban J connectivity index is 0.916. The van der Waals surface area contributed by atoms with Gasteiger partial charge in [0.25, 0.3) is 11.8 Å². The molecule has 0 bridgehead atoms. The van der Waals surface area contributed by atoms with E-state index in [1.54, 1.807) is 53.6 Å². The molecule has 2 saturated heterocycles. The number of rotatable bonds is 6. The van der Waals surface area contributed by atoms with Crippen LogP contribution in [0.3, 0.4) is 0 Å². The van der Waals surface area contributed by atoms with Gasteiger partial charge in [0, 0.05) is 72.2 Å². The molecule has 1 unspecified atom stereocenters. The second kappa shape index (κ2) is 13.0. The first-order chi connectivity index (χ1) is 25.4. The number of pyridine rings is 2. The van der Waals surface area contributed by atoms with Crippen molar-refractivity contribution in [3.8, 4) is 10.6 Å². The molecule has 3 aromatic heterocycles. The molecule has 10 nitrogen and oxygen atoms in total. The molecule has 0 radical (unpaired) electrons. The molecule has 3 N–H and O–H groups in total. The van der Waals surface area contributed by atoms with Crippen LogP contribution in [0.25, 0.3) is 10.6 Å². The van der Waals surface area contributed by atoms with Gasteiger partial charge in [-0.25, -0.2) is 13.8 Å². The lowest BCUT2D eigenvalue weighted by atomic mass is 9.73. The van der Waals surface area contributed by atoms with E-state index in [0.29, 0.717) is 52.5 Å². The number of para-hydroxylation sites is 1. The largest absolute Gasteiger partial charge is 0.381 e. The average molecular weight is 720 g/mol. The Bertz CT molecular complexity index is 2200. The number of alkyl halides is 1. The summed E-state index contributed by atoms with van der Waals surface area (Å²) in [6.45, 7) is 2.98. The molecule has 52 heavy (non-hydrogen) atoms. The molecule has 7 heterocycles. The third-order valence-electron chi connectivity index (χ3n) is 10.5. The molecule has 13 heteroatoms. The van der Waals surface area contributed by atoms with E-state index < -0.39 is 12.5 Å². The van der Waals surface area contributed by atoms with Crippen molar-refractivity contribution in [3.05, 3.63) is 112 Å². The first-order valence-corrected chi connectivity index (χ1v) is 18.2. The molecule has 1 atom stereocenters. The quantitative estimate of drug-likeness (QED) is 0.166. The number of ether oxygens (including phenoxy) is 1. The van der Waals surface area contributed by atoms with Crippen LogP contribution in [0.4, 0.5) is 37.3 Å². The predicted molar refractivity (Wildman–Crippen MR) is 197 cm³/mol. The molecular weight excluding hydrogens is 685 g/mol. The number of nitrogens with one attached hydrogen (secondary N) is 3. The maximum Gasteiger partial charge on any atom is 0.259 e. The van der Waals surface area contributed by atoms with E-state index in [4.69, 9.17) is 4.74 Å². The minimum Gasteiger partial charge on any atom is -0.381 e. The monoisotopic (exact) mass is 719 g/mol. The molecular formula is C39H35F2N7O3S. The molecule has 2 amide bonds. The summed E-state index contributed by atoms with van der Waals surface area (Å²) in [5.41, 5.74) is 5.74. The van der Waals surface area contributed by atoms with E-state index in [-0.39, 0.29) is 23.4 Å². The number of carbonyl (C=O) groups excluding carboxylic acids is 2. The van der Waals surface area contributed by atoms with Crippen molar-refractivity contribution in [3.63, 3.8) is 0 Å². The van der Waals surface area contributed by atoms with Crippen molar-refractivity contribution in [2.24, 2.45) is 5.41 Å². The third kappa shape index (κ3) is 5.73. The van der Waals surface area contributed by atoms with Crippen LogP contribution >= 0.6 is 11.3 Å². The highest BCUT2D eigenvalue weighted by atomic mass is 32.1. The highest BCUT2D eigenvalue weighted by Crippen LogP contribution is 2.46. The van der Waals surface area contributed by atoms with E-state index in [0.717, 1.165) is 65.8 Å². The zero-order chi connectivity index (χ0) is 35.4. The summed E-state index contributed by atoms with van der Waals surface area (Å²) < 4.78 is 33.9. The number of hydrogen-bond donors (Lipinski definition) is 3. The zero-order valence-corrected chi connectivity index (χ0v) is 28.9. The Hall–Kier alpha value is -5.40. The van der Waals surface area contributed by atoms with E-state index >= 15 is 0 Å². The number of thiophene rings is 1. The highest BCUT2D eigenvalue weighted by molar-refractivity contribution is 7.15. The van der Waals surface area contributed by atoms with Crippen LogP contribution in [-0.4, -0.2) is 54.6 Å². The smallest absolute Gasteiger partial charge is 0.259 e. The summed E-state index contributed by atoms with van der Waals surface area (Å²) in [5.74, 6) is -0.459. The van der Waals surface area contributed by atoms with Gasteiger partial charge in [0.05, 0.1) is 33.7 Å². The van der Waals surface area contributed by atoms with Gasteiger partial charge in [-0.05, 0) is 73.4 Å². The summed E-state index contributed by atoms with van der Waals surface area (Å²) in [7, 11) is 0.